The number of rotatable bonds is 3. The topological polar surface area (TPSA) is 111 Å². The number of fused-ring (bicyclic) bond motifs is 1. The number of aromatic nitrogens is 3. The van der Waals surface area contributed by atoms with Crippen LogP contribution in [0.5, 0.6) is 0 Å². The van der Waals surface area contributed by atoms with Crippen LogP contribution in [-0.2, 0) is 16.1 Å². The highest BCUT2D eigenvalue weighted by molar-refractivity contribution is 6.33. The highest BCUT2D eigenvalue weighted by Crippen LogP contribution is 2.37. The van der Waals surface area contributed by atoms with Crippen LogP contribution in [0.25, 0.3) is 11.1 Å². The molecular formula is C19H15FN4O5. The molecule has 29 heavy (non-hydrogen) atoms. The Morgan fingerprint density at radius 1 is 1.10 bits per heavy atom. The van der Waals surface area contributed by atoms with Crippen molar-refractivity contribution < 1.29 is 22.9 Å². The highest BCUT2D eigenvalue weighted by atomic mass is 19.1. The molecule has 0 saturated heterocycles. The molecule has 1 aromatic carbocycles. The molecule has 0 atom stereocenters. The van der Waals surface area contributed by atoms with Gasteiger partial charge in [0.25, 0.3) is 11.8 Å². The van der Waals surface area contributed by atoms with Gasteiger partial charge in [-0.1, -0.05) is 5.16 Å². The Morgan fingerprint density at radius 2 is 1.79 bits per heavy atom. The first-order valence-electron chi connectivity index (χ1n) is 9.17. The lowest BCUT2D eigenvalue weighted by Gasteiger charge is -2.16. The number of hydrogen-bond donors (Lipinski definition) is 0. The highest BCUT2D eigenvalue weighted by Gasteiger charge is 2.41. The first-order chi connectivity index (χ1) is 13.9. The quantitative estimate of drug-likeness (QED) is 0.622. The summed E-state index contributed by atoms with van der Waals surface area (Å²) in [4.78, 5) is 42.7. The molecule has 2 aliphatic rings. The van der Waals surface area contributed by atoms with Crippen LogP contribution in [0.1, 0.15) is 37.4 Å². The van der Waals surface area contributed by atoms with E-state index in [4.69, 9.17) is 8.94 Å². The number of halogens is 1. The van der Waals surface area contributed by atoms with E-state index in [1.165, 1.54) is 10.6 Å². The third kappa shape index (κ3) is 2.63. The van der Waals surface area contributed by atoms with Gasteiger partial charge in [0.15, 0.2) is 17.2 Å². The summed E-state index contributed by atoms with van der Waals surface area (Å²) >= 11 is 0. The first-order valence-corrected chi connectivity index (χ1v) is 9.17. The van der Waals surface area contributed by atoms with Gasteiger partial charge in [0.1, 0.15) is 0 Å². The maximum Gasteiger partial charge on any atom is 0.420 e. The number of carbonyl (C=O) groups is 2. The fourth-order valence-corrected chi connectivity index (χ4v) is 3.90. The summed E-state index contributed by atoms with van der Waals surface area (Å²) in [5.41, 5.74) is 0.911. The zero-order valence-electron chi connectivity index (χ0n) is 15.4. The molecule has 1 aliphatic heterocycles. The molecule has 5 rings (SSSR count). The maximum atomic E-state index is 14.8. The van der Waals surface area contributed by atoms with Crippen LogP contribution in [0.3, 0.4) is 0 Å². The van der Waals surface area contributed by atoms with Crippen molar-refractivity contribution in [3.63, 3.8) is 0 Å². The van der Waals surface area contributed by atoms with Crippen LogP contribution in [0.2, 0.25) is 0 Å². The minimum Gasteiger partial charge on any atom is -0.408 e. The number of carbonyl (C=O) groups excluding carboxylic acids is 2. The van der Waals surface area contributed by atoms with Crippen molar-refractivity contribution in [3.05, 3.63) is 51.4 Å². The van der Waals surface area contributed by atoms with E-state index in [9.17, 15) is 18.8 Å². The van der Waals surface area contributed by atoms with Crippen molar-refractivity contribution in [1.82, 2.24) is 14.7 Å². The predicted molar refractivity (Wildman–Crippen MR) is 96.6 cm³/mol. The molecule has 0 radical (unpaired) electrons. The minimum atomic E-state index is -0.824. The minimum absolute atomic E-state index is 0.00622. The van der Waals surface area contributed by atoms with Crippen molar-refractivity contribution in [1.29, 1.82) is 0 Å². The van der Waals surface area contributed by atoms with Crippen molar-refractivity contribution >= 4 is 28.6 Å². The van der Waals surface area contributed by atoms with Crippen LogP contribution in [0.4, 0.5) is 10.1 Å². The van der Waals surface area contributed by atoms with Crippen molar-refractivity contribution in [2.45, 2.75) is 39.2 Å². The lowest BCUT2D eigenvalue weighted by molar-refractivity contribution is -0.120. The van der Waals surface area contributed by atoms with Crippen molar-refractivity contribution in [3.8, 4) is 0 Å². The molecule has 9 nitrogen and oxygen atoms in total. The van der Waals surface area contributed by atoms with E-state index in [2.05, 4.69) is 10.1 Å². The van der Waals surface area contributed by atoms with Gasteiger partial charge in [0.05, 0.1) is 17.7 Å². The van der Waals surface area contributed by atoms with Crippen molar-refractivity contribution in [2.75, 3.05) is 4.90 Å². The molecule has 148 valence electrons. The Kier molecular flexibility index (Phi) is 3.76. The molecule has 0 N–H and O–H groups in total. The third-order valence-electron chi connectivity index (χ3n) is 5.24. The molecule has 2 aromatic heterocycles. The largest absolute Gasteiger partial charge is 0.420 e. The van der Waals surface area contributed by atoms with Gasteiger partial charge in [0.2, 0.25) is 5.89 Å². The molecule has 3 heterocycles. The average molecular weight is 398 g/mol. The summed E-state index contributed by atoms with van der Waals surface area (Å²) in [6, 6.07) is 2.28. The van der Waals surface area contributed by atoms with Crippen LogP contribution >= 0.6 is 0 Å². The molecule has 1 aliphatic carbocycles. The normalized spacial score (nSPS) is 17.0. The predicted octanol–water partition coefficient (Wildman–Crippen LogP) is 2.22. The van der Waals surface area contributed by atoms with Crippen LogP contribution in [0, 0.1) is 12.7 Å². The Balaban J connectivity index is 1.61. The number of oxazole rings is 1. The molecule has 0 saturated carbocycles. The van der Waals surface area contributed by atoms with Crippen LogP contribution in [-0.4, -0.2) is 26.5 Å². The summed E-state index contributed by atoms with van der Waals surface area (Å²) < 4.78 is 26.0. The Bertz CT molecular complexity index is 1250. The molecule has 0 unspecified atom stereocenters. The molecule has 0 spiro atoms. The third-order valence-corrected chi connectivity index (χ3v) is 5.24. The molecule has 0 bridgehead atoms. The monoisotopic (exact) mass is 398 g/mol. The van der Waals surface area contributed by atoms with Crippen LogP contribution < -0.4 is 10.7 Å². The second-order valence-electron chi connectivity index (χ2n) is 7.07. The zero-order valence-corrected chi connectivity index (χ0v) is 15.4. The summed E-state index contributed by atoms with van der Waals surface area (Å²) in [5.74, 6) is -2.00. The van der Waals surface area contributed by atoms with Gasteiger partial charge in [-0.25, -0.2) is 14.1 Å². The van der Waals surface area contributed by atoms with E-state index in [0.717, 1.165) is 23.8 Å². The molecular weight excluding hydrogens is 383 g/mol. The van der Waals surface area contributed by atoms with Crippen LogP contribution in [0.15, 0.2) is 37.0 Å². The SMILES string of the molecule is Cc1nc(Cn2c(=O)oc3cc(F)c(N4C(=O)C5=C(CCCC5)C4=O)cc32)no1. The van der Waals surface area contributed by atoms with Crippen molar-refractivity contribution in [2.24, 2.45) is 0 Å². The molecule has 3 aromatic rings. The van der Waals surface area contributed by atoms with Gasteiger partial charge in [-0.3, -0.25) is 14.2 Å². The van der Waals surface area contributed by atoms with Gasteiger partial charge >= 0.3 is 5.76 Å². The molecule has 0 fully saturated rings. The number of hydrogen-bond acceptors (Lipinski definition) is 7. The summed E-state index contributed by atoms with van der Waals surface area (Å²) in [6.07, 6.45) is 2.65. The second kappa shape index (κ2) is 6.23. The van der Waals surface area contributed by atoms with E-state index >= 15 is 0 Å². The Hall–Kier alpha value is -3.56. The fraction of sp³-hybridized carbons (Fsp3) is 0.316. The van der Waals surface area contributed by atoms with Gasteiger partial charge in [0, 0.05) is 24.1 Å². The lowest BCUT2D eigenvalue weighted by atomic mass is 9.93. The lowest BCUT2D eigenvalue weighted by Crippen LogP contribution is -2.32. The van der Waals surface area contributed by atoms with Gasteiger partial charge in [-0.05, 0) is 31.7 Å². The number of benzene rings is 1. The molecule has 10 heteroatoms. The number of amides is 2. The van der Waals surface area contributed by atoms with E-state index in [1.807, 2.05) is 0 Å². The van der Waals surface area contributed by atoms with E-state index in [0.29, 0.717) is 29.9 Å². The smallest absolute Gasteiger partial charge is 0.408 e. The second-order valence-corrected chi connectivity index (χ2v) is 7.07. The Morgan fingerprint density at radius 3 is 2.41 bits per heavy atom. The van der Waals surface area contributed by atoms with E-state index in [-0.39, 0.29) is 29.2 Å². The van der Waals surface area contributed by atoms with E-state index in [1.54, 1.807) is 6.92 Å². The fourth-order valence-electron chi connectivity index (χ4n) is 3.90. The molecule has 2 amide bonds. The zero-order chi connectivity index (χ0) is 20.3. The summed E-state index contributed by atoms with van der Waals surface area (Å²) in [7, 11) is 0. The number of nitrogens with zero attached hydrogens (tertiary/aromatic N) is 4. The first kappa shape index (κ1) is 17.5. The van der Waals surface area contributed by atoms with Gasteiger partial charge in [-0.15, -0.1) is 0 Å². The number of imide groups is 1. The number of aryl methyl sites for hydroxylation is 1. The van der Waals surface area contributed by atoms with Gasteiger partial charge in [-0.2, -0.15) is 4.98 Å². The maximum absolute atomic E-state index is 14.8. The number of anilines is 1. The summed E-state index contributed by atoms with van der Waals surface area (Å²) in [6.45, 7) is 1.55. The van der Waals surface area contributed by atoms with Gasteiger partial charge < -0.3 is 8.94 Å². The average Bonchev–Trinajstić information content (AvgIpc) is 3.32. The standard InChI is InChI=1S/C19H15FN4O5/c1-9-21-16(22-29-9)8-23-14-7-13(12(20)6-15(14)28-19(23)27)24-17(25)10-4-2-3-5-11(10)18(24)26/h6-7H,2-5,8H2,1H3. The van der Waals surface area contributed by atoms with E-state index < -0.39 is 23.4 Å². The Labute approximate surface area is 162 Å². The summed E-state index contributed by atoms with van der Waals surface area (Å²) in [5, 5.41) is 3.74.